The van der Waals surface area contributed by atoms with E-state index in [1.165, 1.54) is 0 Å². The molecule has 0 amide bonds. The van der Waals surface area contributed by atoms with Crippen LogP contribution in [0.4, 0.5) is 0 Å². The standard InChI is InChI=1S/C8H9NO4.BrH/c9-3-7(12)4-1-5(10)8(13)6(11)2-4;/h1-2,10-11,13H,3,9H2;1H. The van der Waals surface area contributed by atoms with Crippen molar-refractivity contribution in [3.8, 4) is 17.2 Å². The van der Waals surface area contributed by atoms with Crippen molar-refractivity contribution in [3.05, 3.63) is 17.7 Å². The van der Waals surface area contributed by atoms with Crippen molar-refractivity contribution in [1.29, 1.82) is 0 Å². The number of hydrogen-bond acceptors (Lipinski definition) is 5. The zero-order chi connectivity index (χ0) is 10.0. The van der Waals surface area contributed by atoms with Crippen LogP contribution >= 0.6 is 17.0 Å². The van der Waals surface area contributed by atoms with Crippen LogP contribution in [0.5, 0.6) is 17.2 Å². The zero-order valence-corrected chi connectivity index (χ0v) is 8.81. The average molecular weight is 264 g/mol. The second-order valence-electron chi connectivity index (χ2n) is 2.49. The van der Waals surface area contributed by atoms with E-state index in [-0.39, 0.29) is 29.1 Å². The Morgan fingerprint density at radius 2 is 1.64 bits per heavy atom. The minimum Gasteiger partial charge on any atom is -0.504 e. The van der Waals surface area contributed by atoms with Crippen LogP contribution in [0.15, 0.2) is 12.1 Å². The number of halogens is 1. The third-order valence-electron chi connectivity index (χ3n) is 1.58. The highest BCUT2D eigenvalue weighted by Crippen LogP contribution is 2.35. The molecule has 6 heteroatoms. The molecule has 0 radical (unpaired) electrons. The Morgan fingerprint density at radius 3 is 2.00 bits per heavy atom. The Morgan fingerprint density at radius 1 is 1.21 bits per heavy atom. The molecule has 0 atom stereocenters. The second-order valence-corrected chi connectivity index (χ2v) is 2.49. The van der Waals surface area contributed by atoms with Gasteiger partial charge in [-0.05, 0) is 12.1 Å². The van der Waals surface area contributed by atoms with Gasteiger partial charge in [0.1, 0.15) is 0 Å². The van der Waals surface area contributed by atoms with Crippen LogP contribution in [0.3, 0.4) is 0 Å². The molecule has 1 aromatic carbocycles. The van der Waals surface area contributed by atoms with Gasteiger partial charge in [-0.2, -0.15) is 0 Å². The molecule has 0 heterocycles. The molecule has 0 spiro atoms. The fourth-order valence-electron chi connectivity index (χ4n) is 0.883. The number of carbonyl (C=O) groups is 1. The summed E-state index contributed by atoms with van der Waals surface area (Å²) in [5.74, 6) is -2.16. The predicted molar refractivity (Wildman–Crippen MR) is 55.1 cm³/mol. The van der Waals surface area contributed by atoms with Gasteiger partial charge in [-0.25, -0.2) is 0 Å². The first kappa shape index (κ1) is 12.7. The van der Waals surface area contributed by atoms with Crippen LogP contribution in [-0.4, -0.2) is 27.6 Å². The van der Waals surface area contributed by atoms with Crippen molar-refractivity contribution in [3.63, 3.8) is 0 Å². The summed E-state index contributed by atoms with van der Waals surface area (Å²) in [6, 6.07) is 2.09. The van der Waals surface area contributed by atoms with Crippen LogP contribution in [-0.2, 0) is 0 Å². The lowest BCUT2D eigenvalue weighted by molar-refractivity contribution is 0.100. The second kappa shape index (κ2) is 4.83. The van der Waals surface area contributed by atoms with Gasteiger partial charge in [0.05, 0.1) is 6.54 Å². The third kappa shape index (κ3) is 2.36. The molecule has 0 unspecified atom stereocenters. The van der Waals surface area contributed by atoms with Crippen molar-refractivity contribution in [2.24, 2.45) is 5.73 Å². The molecule has 5 nitrogen and oxygen atoms in total. The Balaban J connectivity index is 0.00000169. The average Bonchev–Trinajstić information content (AvgIpc) is 2.12. The first-order valence-electron chi connectivity index (χ1n) is 3.54. The number of carbonyl (C=O) groups excluding carboxylic acids is 1. The minimum absolute atomic E-state index is 0. The molecular formula is C8H10BrNO4. The fraction of sp³-hybridized carbons (Fsp3) is 0.125. The topological polar surface area (TPSA) is 104 Å². The van der Waals surface area contributed by atoms with E-state index in [1.807, 2.05) is 0 Å². The number of benzene rings is 1. The van der Waals surface area contributed by atoms with Crippen molar-refractivity contribution >= 4 is 22.8 Å². The Kier molecular flexibility index (Phi) is 4.39. The van der Waals surface area contributed by atoms with Crippen molar-refractivity contribution in [2.75, 3.05) is 6.54 Å². The summed E-state index contributed by atoms with van der Waals surface area (Å²) in [6.07, 6.45) is 0. The normalized spacial score (nSPS) is 9.21. The van der Waals surface area contributed by atoms with Crippen LogP contribution in [0.2, 0.25) is 0 Å². The van der Waals surface area contributed by atoms with E-state index >= 15 is 0 Å². The first-order valence-corrected chi connectivity index (χ1v) is 3.54. The molecule has 1 aromatic rings. The lowest BCUT2D eigenvalue weighted by Crippen LogP contribution is -2.13. The summed E-state index contributed by atoms with van der Waals surface area (Å²) in [6.45, 7) is -0.219. The van der Waals surface area contributed by atoms with Crippen molar-refractivity contribution < 1.29 is 20.1 Å². The molecule has 0 fully saturated rings. The van der Waals surface area contributed by atoms with Gasteiger partial charge in [0.25, 0.3) is 0 Å². The van der Waals surface area contributed by atoms with Crippen molar-refractivity contribution in [2.45, 2.75) is 0 Å². The first-order chi connectivity index (χ1) is 6.06. The fourth-order valence-corrected chi connectivity index (χ4v) is 0.883. The maximum absolute atomic E-state index is 11.0. The molecule has 78 valence electrons. The predicted octanol–water partition coefficient (Wildman–Crippen LogP) is 0.523. The minimum atomic E-state index is -0.645. The Hall–Kier alpha value is -1.27. The van der Waals surface area contributed by atoms with E-state index in [0.29, 0.717) is 0 Å². The number of ketones is 1. The van der Waals surface area contributed by atoms with E-state index in [0.717, 1.165) is 12.1 Å². The molecule has 0 aliphatic rings. The largest absolute Gasteiger partial charge is 0.504 e. The van der Waals surface area contributed by atoms with Crippen LogP contribution in [0.25, 0.3) is 0 Å². The Bertz CT molecular complexity index is 330. The summed E-state index contributed by atoms with van der Waals surface area (Å²) >= 11 is 0. The van der Waals surface area contributed by atoms with Gasteiger partial charge < -0.3 is 21.1 Å². The number of phenols is 3. The van der Waals surface area contributed by atoms with E-state index in [4.69, 9.17) is 21.1 Å². The highest BCUT2D eigenvalue weighted by molar-refractivity contribution is 8.93. The SMILES string of the molecule is Br.NCC(=O)c1cc(O)c(O)c(O)c1. The van der Waals surface area contributed by atoms with Gasteiger partial charge in [-0.3, -0.25) is 4.79 Å². The van der Waals surface area contributed by atoms with E-state index < -0.39 is 23.0 Å². The summed E-state index contributed by atoms with van der Waals surface area (Å²) in [5.41, 5.74) is 5.13. The summed E-state index contributed by atoms with van der Waals surface area (Å²) in [7, 11) is 0. The van der Waals surface area contributed by atoms with Gasteiger partial charge >= 0.3 is 0 Å². The van der Waals surface area contributed by atoms with Crippen LogP contribution in [0, 0.1) is 0 Å². The van der Waals surface area contributed by atoms with E-state index in [2.05, 4.69) is 0 Å². The van der Waals surface area contributed by atoms with Gasteiger partial charge in [0, 0.05) is 5.56 Å². The molecule has 0 saturated heterocycles. The quantitative estimate of drug-likeness (QED) is 0.460. The molecule has 0 aliphatic heterocycles. The molecule has 0 aromatic heterocycles. The molecule has 0 bridgehead atoms. The van der Waals surface area contributed by atoms with Crippen LogP contribution in [0.1, 0.15) is 10.4 Å². The highest BCUT2D eigenvalue weighted by atomic mass is 79.9. The maximum atomic E-state index is 11.0. The lowest BCUT2D eigenvalue weighted by Gasteiger charge is -2.03. The summed E-state index contributed by atoms with van der Waals surface area (Å²) < 4.78 is 0. The lowest BCUT2D eigenvalue weighted by atomic mass is 10.1. The summed E-state index contributed by atoms with van der Waals surface area (Å²) in [5, 5.41) is 27.0. The molecule has 5 N–H and O–H groups in total. The van der Waals surface area contributed by atoms with Gasteiger partial charge in [0.15, 0.2) is 23.0 Å². The number of nitrogens with two attached hydrogens (primary N) is 1. The number of aromatic hydroxyl groups is 3. The van der Waals surface area contributed by atoms with E-state index in [1.54, 1.807) is 0 Å². The van der Waals surface area contributed by atoms with Crippen molar-refractivity contribution in [1.82, 2.24) is 0 Å². The Labute approximate surface area is 90.6 Å². The number of Topliss-reactive ketones (excluding diaryl/α,β-unsaturated/α-hetero) is 1. The summed E-state index contributed by atoms with van der Waals surface area (Å²) in [4.78, 5) is 11.0. The van der Waals surface area contributed by atoms with Crippen LogP contribution < -0.4 is 5.73 Å². The highest BCUT2D eigenvalue weighted by Gasteiger charge is 2.11. The monoisotopic (exact) mass is 263 g/mol. The number of phenolic OH excluding ortho intramolecular Hbond substituents is 3. The number of hydrogen-bond donors (Lipinski definition) is 4. The van der Waals surface area contributed by atoms with E-state index in [9.17, 15) is 4.79 Å². The van der Waals surface area contributed by atoms with Gasteiger partial charge in [-0.1, -0.05) is 0 Å². The molecule has 14 heavy (non-hydrogen) atoms. The number of rotatable bonds is 2. The smallest absolute Gasteiger partial charge is 0.200 e. The maximum Gasteiger partial charge on any atom is 0.200 e. The van der Waals surface area contributed by atoms with Gasteiger partial charge in [0.2, 0.25) is 0 Å². The molecule has 1 rings (SSSR count). The van der Waals surface area contributed by atoms with Gasteiger partial charge in [-0.15, -0.1) is 17.0 Å². The molecule has 0 saturated carbocycles. The third-order valence-corrected chi connectivity index (χ3v) is 1.58. The molecular weight excluding hydrogens is 254 g/mol. The zero-order valence-electron chi connectivity index (χ0n) is 7.10. The molecule has 0 aliphatic carbocycles.